The third-order valence-corrected chi connectivity index (χ3v) is 8.31. The second-order valence-corrected chi connectivity index (χ2v) is 11.6. The van der Waals surface area contributed by atoms with Gasteiger partial charge in [-0.2, -0.15) is 0 Å². The molecule has 0 amide bonds. The molecule has 0 N–H and O–H groups in total. The van der Waals surface area contributed by atoms with Gasteiger partial charge in [-0.1, -0.05) is 76.9 Å². The summed E-state index contributed by atoms with van der Waals surface area (Å²) in [5.74, 6) is 0. The lowest BCUT2D eigenvalue weighted by Gasteiger charge is -2.25. The molecule has 0 aliphatic rings. The third-order valence-electron chi connectivity index (χ3n) is 5.40. The van der Waals surface area contributed by atoms with Crippen molar-refractivity contribution in [1.29, 1.82) is 0 Å². The van der Waals surface area contributed by atoms with Crippen LogP contribution in [0.2, 0.25) is 12.6 Å². The van der Waals surface area contributed by atoms with E-state index in [1.807, 2.05) is 13.8 Å². The number of allylic oxidation sites excluding steroid dienone is 2. The van der Waals surface area contributed by atoms with Crippen molar-refractivity contribution in [1.82, 2.24) is 0 Å². The number of hydrogen-bond acceptors (Lipinski definition) is 3. The summed E-state index contributed by atoms with van der Waals surface area (Å²) in [4.78, 5) is 0. The molecule has 0 fully saturated rings. The summed E-state index contributed by atoms with van der Waals surface area (Å²) >= 11 is 0. The van der Waals surface area contributed by atoms with E-state index in [1.54, 1.807) is 0 Å². The molecular weight excluding hydrogens is 376 g/mol. The second kappa shape index (κ2) is 22.5. The number of hydrogen-bond donors (Lipinski definition) is 0. The van der Waals surface area contributed by atoms with E-state index in [9.17, 15) is 0 Å². The van der Waals surface area contributed by atoms with Gasteiger partial charge < -0.3 is 13.6 Å². The average Bonchev–Trinajstić information content (AvgIpc) is 2.70. The van der Waals surface area contributed by atoms with Crippen LogP contribution in [0.1, 0.15) is 111 Å². The van der Waals surface area contributed by atoms with Gasteiger partial charge in [0.05, 0.1) is 0 Å². The molecule has 4 heteroatoms. The summed E-state index contributed by atoms with van der Waals surface area (Å²) in [6.07, 6.45) is 23.6. The summed E-state index contributed by atoms with van der Waals surface area (Å²) in [6, 6.07) is 0.932. The monoisotopic (exact) mass is 428 g/mol. The Morgan fingerprint density at radius 3 is 1.59 bits per heavy atom. The van der Waals surface area contributed by atoms with Crippen LogP contribution in [0.5, 0.6) is 0 Å². The molecule has 0 aromatic heterocycles. The summed E-state index contributed by atoms with van der Waals surface area (Å²) in [7, 11) is -1.99. The van der Waals surface area contributed by atoms with Gasteiger partial charge in [-0.05, 0) is 52.5 Å². The highest BCUT2D eigenvalue weighted by Crippen LogP contribution is 2.14. The molecule has 29 heavy (non-hydrogen) atoms. The van der Waals surface area contributed by atoms with Crippen molar-refractivity contribution in [2.24, 2.45) is 0 Å². The van der Waals surface area contributed by atoms with Gasteiger partial charge >= 0.3 is 8.56 Å². The van der Waals surface area contributed by atoms with E-state index < -0.39 is 8.56 Å². The molecule has 0 spiro atoms. The highest BCUT2D eigenvalue weighted by molar-refractivity contribution is 6.66. The first-order valence-corrected chi connectivity index (χ1v) is 15.2. The SMILES string of the molecule is CCCCCCCC/C=C\CCCCCCCCOCC[Si](C)(OCC)OCC. The van der Waals surface area contributed by atoms with Crippen LogP contribution in [0.4, 0.5) is 0 Å². The van der Waals surface area contributed by atoms with Gasteiger partial charge in [0.15, 0.2) is 0 Å². The maximum Gasteiger partial charge on any atom is 0.337 e. The Labute approximate surface area is 184 Å². The van der Waals surface area contributed by atoms with E-state index in [1.165, 1.54) is 89.9 Å². The van der Waals surface area contributed by atoms with Crippen molar-refractivity contribution in [2.75, 3.05) is 26.4 Å². The molecule has 174 valence electrons. The van der Waals surface area contributed by atoms with Gasteiger partial charge in [-0.25, -0.2) is 0 Å². The predicted molar refractivity (Wildman–Crippen MR) is 130 cm³/mol. The highest BCUT2D eigenvalue weighted by Gasteiger charge is 2.30. The summed E-state index contributed by atoms with van der Waals surface area (Å²) in [6.45, 7) is 11.6. The maximum atomic E-state index is 5.84. The largest absolute Gasteiger partial charge is 0.395 e. The van der Waals surface area contributed by atoms with E-state index >= 15 is 0 Å². The molecule has 0 aromatic carbocycles. The van der Waals surface area contributed by atoms with Crippen molar-refractivity contribution < 1.29 is 13.6 Å². The molecule has 0 atom stereocenters. The Morgan fingerprint density at radius 2 is 1.07 bits per heavy atom. The molecular formula is C25H52O3Si. The normalized spacial score (nSPS) is 12.3. The second-order valence-electron chi connectivity index (χ2n) is 8.30. The van der Waals surface area contributed by atoms with E-state index in [0.29, 0.717) is 0 Å². The number of ether oxygens (including phenoxy) is 1. The Hall–Kier alpha value is -0.163. The van der Waals surface area contributed by atoms with Crippen molar-refractivity contribution >= 4 is 8.56 Å². The average molecular weight is 429 g/mol. The standard InChI is InChI=1S/C25H52O3Si/c1-5-8-9-10-11-12-13-14-15-16-17-18-19-20-21-22-23-26-24-25-29(4,27-6-2)28-7-3/h14-15H,5-13,16-25H2,1-4H3/b15-14-. The van der Waals surface area contributed by atoms with Crippen LogP contribution in [0.25, 0.3) is 0 Å². The highest BCUT2D eigenvalue weighted by atomic mass is 28.4. The fraction of sp³-hybridized carbons (Fsp3) is 0.920. The van der Waals surface area contributed by atoms with Gasteiger partial charge in [-0.3, -0.25) is 0 Å². The first-order valence-electron chi connectivity index (χ1n) is 12.7. The number of unbranched alkanes of at least 4 members (excludes halogenated alkanes) is 12. The molecule has 0 rings (SSSR count). The minimum atomic E-state index is -1.99. The lowest BCUT2D eigenvalue weighted by Crippen LogP contribution is -2.39. The molecule has 0 saturated heterocycles. The van der Waals surface area contributed by atoms with Gasteiger partial charge in [0, 0.05) is 32.5 Å². The molecule has 0 saturated carbocycles. The van der Waals surface area contributed by atoms with Crippen LogP contribution in [0, 0.1) is 0 Å². The fourth-order valence-corrected chi connectivity index (χ4v) is 5.72. The topological polar surface area (TPSA) is 27.7 Å². The van der Waals surface area contributed by atoms with Crippen molar-refractivity contribution in [3.63, 3.8) is 0 Å². The van der Waals surface area contributed by atoms with Crippen LogP contribution < -0.4 is 0 Å². The molecule has 0 aromatic rings. The van der Waals surface area contributed by atoms with E-state index in [4.69, 9.17) is 13.6 Å². The van der Waals surface area contributed by atoms with Crippen molar-refractivity contribution in [2.45, 2.75) is 123 Å². The lowest BCUT2D eigenvalue weighted by molar-refractivity contribution is 0.125. The Bertz CT molecular complexity index is 341. The first kappa shape index (κ1) is 28.8. The minimum absolute atomic E-state index is 0.734. The molecule has 0 aliphatic heterocycles. The quantitative estimate of drug-likeness (QED) is 0.0932. The van der Waals surface area contributed by atoms with Crippen LogP contribution in [0.15, 0.2) is 12.2 Å². The lowest BCUT2D eigenvalue weighted by atomic mass is 10.1. The molecule has 0 unspecified atom stereocenters. The third kappa shape index (κ3) is 20.9. The van der Waals surface area contributed by atoms with Crippen LogP contribution >= 0.6 is 0 Å². The zero-order valence-electron chi connectivity index (χ0n) is 20.3. The predicted octanol–water partition coefficient (Wildman–Crippen LogP) is 8.19. The maximum absolute atomic E-state index is 5.84. The molecule has 0 radical (unpaired) electrons. The fourth-order valence-electron chi connectivity index (χ4n) is 3.61. The van der Waals surface area contributed by atoms with Crippen LogP contribution in [-0.2, 0) is 13.6 Å². The smallest absolute Gasteiger partial charge is 0.337 e. The zero-order chi connectivity index (χ0) is 21.5. The molecule has 0 aliphatic carbocycles. The summed E-state index contributed by atoms with van der Waals surface area (Å²) < 4.78 is 17.5. The van der Waals surface area contributed by atoms with E-state index in [2.05, 4.69) is 25.6 Å². The Balaban J connectivity index is 3.30. The van der Waals surface area contributed by atoms with E-state index in [-0.39, 0.29) is 0 Å². The Morgan fingerprint density at radius 1 is 0.586 bits per heavy atom. The van der Waals surface area contributed by atoms with Crippen molar-refractivity contribution in [3.05, 3.63) is 12.2 Å². The first-order chi connectivity index (χ1) is 14.2. The molecule has 0 bridgehead atoms. The van der Waals surface area contributed by atoms with Crippen molar-refractivity contribution in [3.8, 4) is 0 Å². The summed E-state index contributed by atoms with van der Waals surface area (Å²) in [5, 5.41) is 0. The van der Waals surface area contributed by atoms with Crippen LogP contribution in [-0.4, -0.2) is 35.0 Å². The van der Waals surface area contributed by atoms with Crippen LogP contribution in [0.3, 0.4) is 0 Å². The number of rotatable bonds is 23. The van der Waals surface area contributed by atoms with Gasteiger partial charge in [0.1, 0.15) is 0 Å². The molecule has 3 nitrogen and oxygen atoms in total. The van der Waals surface area contributed by atoms with Gasteiger partial charge in [-0.15, -0.1) is 0 Å². The summed E-state index contributed by atoms with van der Waals surface area (Å²) in [5.41, 5.74) is 0. The van der Waals surface area contributed by atoms with Gasteiger partial charge in [0.2, 0.25) is 0 Å². The zero-order valence-corrected chi connectivity index (χ0v) is 21.3. The Kier molecular flexibility index (Phi) is 22.4. The van der Waals surface area contributed by atoms with E-state index in [0.717, 1.165) is 32.5 Å². The van der Waals surface area contributed by atoms with Gasteiger partial charge in [0.25, 0.3) is 0 Å². The molecule has 0 heterocycles. The minimum Gasteiger partial charge on any atom is -0.395 e.